The van der Waals surface area contributed by atoms with E-state index in [0.717, 1.165) is 37.9 Å². The average Bonchev–Trinajstić information content (AvgIpc) is 3.48. The number of rotatable bonds is 12. The monoisotopic (exact) mass is 663 g/mol. The summed E-state index contributed by atoms with van der Waals surface area (Å²) < 4.78 is 73.1. The Kier molecular flexibility index (Phi) is 9.69. The first-order chi connectivity index (χ1) is 20.5. The van der Waals surface area contributed by atoms with Crippen LogP contribution in [0.15, 0.2) is 82.6 Å². The van der Waals surface area contributed by atoms with Gasteiger partial charge < -0.3 is 9.64 Å². The highest BCUT2D eigenvalue weighted by Crippen LogP contribution is 2.48. The maximum absolute atomic E-state index is 11.5. The summed E-state index contributed by atoms with van der Waals surface area (Å²) in [6.45, 7) is 2.92. The molecule has 1 aromatic heterocycles. The zero-order valence-corrected chi connectivity index (χ0v) is 27.2. The fraction of sp³-hybridized carbons (Fsp3) is 0.367. The normalized spacial score (nSPS) is 21.3. The zero-order chi connectivity index (χ0) is 30.8. The predicted octanol–water partition coefficient (Wildman–Crippen LogP) is 5.37. The van der Waals surface area contributed by atoms with Crippen molar-refractivity contribution in [2.24, 2.45) is 5.92 Å². The Morgan fingerprint density at radius 2 is 1.84 bits per heavy atom. The quantitative estimate of drug-likeness (QED) is 0.175. The van der Waals surface area contributed by atoms with Gasteiger partial charge in [0.1, 0.15) is 10.4 Å². The highest BCUT2D eigenvalue weighted by atomic mass is 32.2. The number of aromatic nitrogens is 1. The molecule has 1 aliphatic heterocycles. The molecule has 2 N–H and O–H groups in total. The molecule has 230 valence electrons. The number of fused-ring (bicyclic) bond motifs is 3. The number of allylic oxidation sites excluding steroid dienone is 8. The van der Waals surface area contributed by atoms with Crippen molar-refractivity contribution < 1.29 is 35.2 Å². The number of hydrogen-bond donors (Lipinski definition) is 2. The van der Waals surface area contributed by atoms with E-state index in [0.29, 0.717) is 18.8 Å². The third-order valence-corrected chi connectivity index (χ3v) is 11.4. The van der Waals surface area contributed by atoms with Crippen molar-refractivity contribution in [2.45, 2.75) is 38.0 Å². The third kappa shape index (κ3) is 7.70. The number of thioether (sulfide) groups is 1. The largest absolute Gasteiger partial charge is 0.497 e. The molecule has 3 aliphatic rings. The van der Waals surface area contributed by atoms with Crippen LogP contribution in [0.25, 0.3) is 16.3 Å². The van der Waals surface area contributed by atoms with E-state index in [4.69, 9.17) is 4.74 Å². The van der Waals surface area contributed by atoms with Crippen molar-refractivity contribution in [2.75, 3.05) is 25.2 Å². The van der Waals surface area contributed by atoms with E-state index in [1.807, 2.05) is 30.4 Å². The van der Waals surface area contributed by atoms with Gasteiger partial charge in [-0.1, -0.05) is 66.5 Å². The minimum absolute atomic E-state index is 0.0969. The van der Waals surface area contributed by atoms with Gasteiger partial charge in [0.2, 0.25) is 5.52 Å². The first kappa shape index (κ1) is 31.7. The van der Waals surface area contributed by atoms with Gasteiger partial charge in [0.25, 0.3) is 25.2 Å². The van der Waals surface area contributed by atoms with Gasteiger partial charge in [0.15, 0.2) is 6.54 Å². The molecule has 0 spiro atoms. The lowest BCUT2D eigenvalue weighted by atomic mass is 9.87. The summed E-state index contributed by atoms with van der Waals surface area (Å²) in [5.74, 6) is 0.218. The van der Waals surface area contributed by atoms with Crippen LogP contribution in [0, 0.1) is 5.92 Å². The molecule has 1 saturated heterocycles. The minimum atomic E-state index is -4.08. The Morgan fingerprint density at radius 1 is 1.07 bits per heavy atom. The van der Waals surface area contributed by atoms with Crippen molar-refractivity contribution in [1.82, 2.24) is 4.90 Å². The number of aryl methyl sites for hydroxylation is 1. The van der Waals surface area contributed by atoms with Gasteiger partial charge in [-0.25, -0.2) is 0 Å². The summed E-state index contributed by atoms with van der Waals surface area (Å²) in [6.07, 6.45) is 18.2. The second-order valence-electron chi connectivity index (χ2n) is 10.4. The predicted molar refractivity (Wildman–Crippen MR) is 173 cm³/mol. The Bertz CT molecular complexity index is 1800. The first-order valence-corrected chi connectivity index (χ1v) is 18.9. The number of nitrogens with zero attached hydrogens (tertiary/aromatic N) is 2. The van der Waals surface area contributed by atoms with Crippen molar-refractivity contribution in [3.05, 3.63) is 87.6 Å². The topological polar surface area (TPSA) is 125 Å². The molecule has 0 bridgehead atoms. The Labute approximate surface area is 261 Å². The van der Waals surface area contributed by atoms with Crippen molar-refractivity contribution in [1.29, 1.82) is 0 Å². The Hall–Kier alpha value is -2.68. The lowest BCUT2D eigenvalue weighted by Gasteiger charge is -2.29. The van der Waals surface area contributed by atoms with Gasteiger partial charge in [-0.15, -0.1) is 0 Å². The fourth-order valence-electron chi connectivity index (χ4n) is 5.44. The summed E-state index contributed by atoms with van der Waals surface area (Å²) in [6, 6.07) is 5.80. The van der Waals surface area contributed by atoms with Gasteiger partial charge in [-0.3, -0.25) is 9.11 Å². The number of methoxy groups -OCH3 is 1. The van der Waals surface area contributed by atoms with Crippen LogP contribution >= 0.6 is 23.1 Å². The molecule has 0 radical (unpaired) electrons. The number of ether oxygens (including phenoxy) is 1. The zero-order valence-electron chi connectivity index (χ0n) is 23.9. The van der Waals surface area contributed by atoms with Crippen molar-refractivity contribution in [3.8, 4) is 5.75 Å². The SMILES string of the molecule is CCC(=Cc1sc2ccc(OC)cc2[n+]1CCCS(=O)(=O)O)C=C1SC2C=CC3C=CC=CC3=C2N1CCCS(=O)(=O)O. The van der Waals surface area contributed by atoms with Crippen LogP contribution in [0.5, 0.6) is 5.75 Å². The lowest BCUT2D eigenvalue weighted by molar-refractivity contribution is -0.668. The molecule has 9 nitrogen and oxygen atoms in total. The smallest absolute Gasteiger partial charge is 0.265 e. The van der Waals surface area contributed by atoms with E-state index in [1.165, 1.54) is 5.57 Å². The number of benzene rings is 1. The molecule has 13 heteroatoms. The van der Waals surface area contributed by atoms with Gasteiger partial charge in [0, 0.05) is 30.7 Å². The summed E-state index contributed by atoms with van der Waals surface area (Å²) in [5, 5.41) is 2.04. The lowest BCUT2D eigenvalue weighted by Crippen LogP contribution is -2.36. The first-order valence-electron chi connectivity index (χ1n) is 14.0. The summed E-state index contributed by atoms with van der Waals surface area (Å²) in [5.41, 5.74) is 4.30. The van der Waals surface area contributed by atoms with Crippen LogP contribution < -0.4 is 9.30 Å². The minimum Gasteiger partial charge on any atom is -0.497 e. The Balaban J connectivity index is 1.54. The fourth-order valence-corrected chi connectivity index (χ4v) is 8.91. The molecule has 0 amide bonds. The third-order valence-electron chi connectivity index (χ3n) is 7.46. The molecular weight excluding hydrogens is 629 g/mol. The number of thiazole rings is 1. The molecule has 0 saturated carbocycles. The molecule has 2 heterocycles. The van der Waals surface area contributed by atoms with Gasteiger partial charge in [-0.2, -0.15) is 21.4 Å². The van der Waals surface area contributed by atoms with E-state index in [9.17, 15) is 25.9 Å². The van der Waals surface area contributed by atoms with Crippen LogP contribution in [-0.4, -0.2) is 61.3 Å². The van der Waals surface area contributed by atoms with E-state index >= 15 is 0 Å². The van der Waals surface area contributed by atoms with Crippen molar-refractivity contribution in [3.63, 3.8) is 0 Å². The van der Waals surface area contributed by atoms with Crippen LogP contribution in [0.1, 0.15) is 31.2 Å². The molecule has 2 unspecified atom stereocenters. The van der Waals surface area contributed by atoms with Gasteiger partial charge in [-0.05, 0) is 42.2 Å². The second kappa shape index (κ2) is 13.1. The molecule has 2 aromatic rings. The van der Waals surface area contributed by atoms with E-state index in [1.54, 1.807) is 30.2 Å². The highest BCUT2D eigenvalue weighted by molar-refractivity contribution is 8.04. The Morgan fingerprint density at radius 3 is 2.56 bits per heavy atom. The maximum atomic E-state index is 11.5. The van der Waals surface area contributed by atoms with E-state index in [-0.39, 0.29) is 35.5 Å². The molecule has 2 aliphatic carbocycles. The molecular formula is C30H35N2O7S4+. The molecule has 5 rings (SSSR count). The van der Waals surface area contributed by atoms with Gasteiger partial charge >= 0.3 is 0 Å². The average molecular weight is 664 g/mol. The van der Waals surface area contributed by atoms with E-state index in [2.05, 4.69) is 52.8 Å². The summed E-state index contributed by atoms with van der Waals surface area (Å²) >= 11 is 3.31. The number of hydrogen-bond acceptors (Lipinski definition) is 8. The van der Waals surface area contributed by atoms with Crippen molar-refractivity contribution >= 4 is 59.6 Å². The second-order valence-corrected chi connectivity index (χ2v) is 15.8. The molecule has 1 aromatic carbocycles. The summed E-state index contributed by atoms with van der Waals surface area (Å²) in [4.78, 5) is 2.19. The molecule has 43 heavy (non-hydrogen) atoms. The van der Waals surface area contributed by atoms with Crippen LogP contribution in [0.2, 0.25) is 0 Å². The van der Waals surface area contributed by atoms with Crippen LogP contribution in [0.3, 0.4) is 0 Å². The maximum Gasteiger partial charge on any atom is 0.265 e. The van der Waals surface area contributed by atoms with E-state index < -0.39 is 20.2 Å². The standard InChI is InChI=1S/C30H34N2O7S4/c1-3-21(18-28-31(14-6-16-42(33,34)35)25-20-23(39-2)11-13-26(25)40-28)19-29-32(15-7-17-43(36,37)38)30-24-9-5-4-8-22(24)10-12-27(30)41-29/h4-5,8-13,18-20,22,27H,3,6-7,14-17H2,1-2H3,(H-,33,34,35,36,37,38)/p+1. The molecule has 2 atom stereocenters. The molecule has 1 fully saturated rings. The summed E-state index contributed by atoms with van der Waals surface area (Å²) in [7, 11) is -6.56. The van der Waals surface area contributed by atoms with Crippen LogP contribution in [0.4, 0.5) is 0 Å². The van der Waals surface area contributed by atoms with Gasteiger partial charge in [0.05, 0.1) is 35.0 Å². The van der Waals surface area contributed by atoms with Crippen LogP contribution in [-0.2, 0) is 26.8 Å². The highest BCUT2D eigenvalue weighted by Gasteiger charge is 2.37.